The van der Waals surface area contributed by atoms with Gasteiger partial charge in [0, 0.05) is 0 Å². The third kappa shape index (κ3) is 3.79. The number of methoxy groups -OCH3 is 2. The second kappa shape index (κ2) is 7.41. The molecule has 17 heavy (non-hydrogen) atoms. The fourth-order valence-electron chi connectivity index (χ4n) is 1.88. The van der Waals surface area contributed by atoms with Crippen molar-refractivity contribution in [2.24, 2.45) is 11.7 Å². The molecule has 0 saturated heterocycles. The van der Waals surface area contributed by atoms with E-state index in [1.54, 1.807) is 14.2 Å². The largest absolute Gasteiger partial charge is 0.493 e. The van der Waals surface area contributed by atoms with E-state index in [2.05, 4.69) is 19.9 Å². The van der Waals surface area contributed by atoms with Gasteiger partial charge in [0.15, 0.2) is 11.5 Å². The van der Waals surface area contributed by atoms with Crippen LogP contribution in [0.5, 0.6) is 11.5 Å². The van der Waals surface area contributed by atoms with E-state index in [4.69, 9.17) is 15.2 Å². The van der Waals surface area contributed by atoms with Gasteiger partial charge >= 0.3 is 0 Å². The SMILES string of the molecule is COc1ccc(C(CN)C(C)C)cc1OC.Cl. The van der Waals surface area contributed by atoms with Gasteiger partial charge in [-0.25, -0.2) is 0 Å². The van der Waals surface area contributed by atoms with Gasteiger partial charge in [-0.15, -0.1) is 12.4 Å². The fraction of sp³-hybridized carbons (Fsp3) is 0.538. The molecule has 1 aromatic rings. The summed E-state index contributed by atoms with van der Waals surface area (Å²) in [5.41, 5.74) is 7.00. The van der Waals surface area contributed by atoms with Gasteiger partial charge in [-0.3, -0.25) is 0 Å². The summed E-state index contributed by atoms with van der Waals surface area (Å²) in [5, 5.41) is 0. The predicted molar refractivity (Wildman–Crippen MR) is 73.4 cm³/mol. The van der Waals surface area contributed by atoms with Crippen LogP contribution < -0.4 is 15.2 Å². The van der Waals surface area contributed by atoms with Crippen molar-refractivity contribution in [2.75, 3.05) is 20.8 Å². The third-order valence-electron chi connectivity index (χ3n) is 2.89. The maximum atomic E-state index is 5.80. The van der Waals surface area contributed by atoms with Crippen molar-refractivity contribution in [3.63, 3.8) is 0 Å². The highest BCUT2D eigenvalue weighted by atomic mass is 35.5. The molecule has 1 atom stereocenters. The van der Waals surface area contributed by atoms with Gasteiger partial charge in [0.05, 0.1) is 14.2 Å². The number of benzene rings is 1. The lowest BCUT2D eigenvalue weighted by atomic mass is 9.88. The van der Waals surface area contributed by atoms with Crippen molar-refractivity contribution in [1.29, 1.82) is 0 Å². The zero-order valence-corrected chi connectivity index (χ0v) is 11.7. The molecule has 0 radical (unpaired) electrons. The van der Waals surface area contributed by atoms with Crippen molar-refractivity contribution in [3.05, 3.63) is 23.8 Å². The van der Waals surface area contributed by atoms with E-state index in [-0.39, 0.29) is 12.4 Å². The average molecular weight is 260 g/mol. The molecule has 0 aliphatic rings. The first kappa shape index (κ1) is 16.1. The zero-order chi connectivity index (χ0) is 12.1. The first-order valence-corrected chi connectivity index (χ1v) is 5.56. The molecule has 3 nitrogen and oxygen atoms in total. The average Bonchev–Trinajstić information content (AvgIpc) is 2.29. The van der Waals surface area contributed by atoms with Crippen molar-refractivity contribution in [2.45, 2.75) is 19.8 Å². The summed E-state index contributed by atoms with van der Waals surface area (Å²) in [7, 11) is 3.29. The van der Waals surface area contributed by atoms with Gasteiger partial charge in [0.25, 0.3) is 0 Å². The molecule has 0 amide bonds. The molecule has 0 aromatic heterocycles. The summed E-state index contributed by atoms with van der Waals surface area (Å²) in [6.07, 6.45) is 0. The Labute approximate surface area is 110 Å². The van der Waals surface area contributed by atoms with Gasteiger partial charge < -0.3 is 15.2 Å². The molecule has 4 heteroatoms. The quantitative estimate of drug-likeness (QED) is 0.884. The number of ether oxygens (including phenoxy) is 2. The van der Waals surface area contributed by atoms with Gasteiger partial charge in [-0.2, -0.15) is 0 Å². The van der Waals surface area contributed by atoms with Gasteiger partial charge in [-0.05, 0) is 36.1 Å². The van der Waals surface area contributed by atoms with Crippen molar-refractivity contribution < 1.29 is 9.47 Å². The minimum atomic E-state index is 0. The maximum Gasteiger partial charge on any atom is 0.160 e. The number of hydrogen-bond donors (Lipinski definition) is 1. The molecule has 0 fully saturated rings. The molecule has 1 aromatic carbocycles. The van der Waals surface area contributed by atoms with Crippen molar-refractivity contribution in [3.8, 4) is 11.5 Å². The second-order valence-corrected chi connectivity index (χ2v) is 4.20. The Morgan fingerprint density at radius 1 is 1.12 bits per heavy atom. The normalized spacial score (nSPS) is 11.9. The first-order chi connectivity index (χ1) is 7.63. The zero-order valence-electron chi connectivity index (χ0n) is 10.9. The summed E-state index contributed by atoms with van der Waals surface area (Å²) in [6.45, 7) is 5.00. The summed E-state index contributed by atoms with van der Waals surface area (Å²) in [6, 6.07) is 5.99. The Morgan fingerprint density at radius 3 is 2.12 bits per heavy atom. The van der Waals surface area contributed by atoms with Crippen LogP contribution in [0.15, 0.2) is 18.2 Å². The molecule has 0 saturated carbocycles. The van der Waals surface area contributed by atoms with Gasteiger partial charge in [0.1, 0.15) is 0 Å². The van der Waals surface area contributed by atoms with E-state index in [1.165, 1.54) is 5.56 Å². The van der Waals surface area contributed by atoms with Crippen LogP contribution >= 0.6 is 12.4 Å². The molecule has 1 unspecified atom stereocenters. The highest BCUT2D eigenvalue weighted by molar-refractivity contribution is 5.85. The number of rotatable bonds is 5. The highest BCUT2D eigenvalue weighted by Crippen LogP contribution is 2.32. The van der Waals surface area contributed by atoms with Crippen LogP contribution in [0.25, 0.3) is 0 Å². The molecule has 0 heterocycles. The van der Waals surface area contributed by atoms with Crippen LogP contribution in [0.2, 0.25) is 0 Å². The van der Waals surface area contributed by atoms with Crippen molar-refractivity contribution >= 4 is 12.4 Å². The second-order valence-electron chi connectivity index (χ2n) is 4.20. The number of hydrogen-bond acceptors (Lipinski definition) is 3. The molecule has 0 aliphatic heterocycles. The Morgan fingerprint density at radius 2 is 1.71 bits per heavy atom. The molecule has 1 rings (SSSR count). The number of nitrogens with two attached hydrogens (primary N) is 1. The van der Waals surface area contributed by atoms with E-state index >= 15 is 0 Å². The Balaban J connectivity index is 0.00000256. The monoisotopic (exact) mass is 259 g/mol. The summed E-state index contributed by atoms with van der Waals surface area (Å²) in [5.74, 6) is 2.40. The van der Waals surface area contributed by atoms with Crippen molar-refractivity contribution in [1.82, 2.24) is 0 Å². The predicted octanol–water partition coefficient (Wildman–Crippen LogP) is 2.82. The summed E-state index contributed by atoms with van der Waals surface area (Å²) >= 11 is 0. The van der Waals surface area contributed by atoms with E-state index in [9.17, 15) is 0 Å². The standard InChI is InChI=1S/C13H21NO2.ClH/c1-9(2)11(8-14)10-5-6-12(15-3)13(7-10)16-4;/h5-7,9,11H,8,14H2,1-4H3;1H. The first-order valence-electron chi connectivity index (χ1n) is 5.56. The lowest BCUT2D eigenvalue weighted by Crippen LogP contribution is -2.17. The minimum absolute atomic E-state index is 0. The third-order valence-corrected chi connectivity index (χ3v) is 2.89. The van der Waals surface area contributed by atoms with Gasteiger partial charge in [-0.1, -0.05) is 19.9 Å². The molecular weight excluding hydrogens is 238 g/mol. The van der Waals surface area contributed by atoms with E-state index < -0.39 is 0 Å². The van der Waals surface area contributed by atoms with Crippen LogP contribution in [0.1, 0.15) is 25.3 Å². The molecule has 0 bridgehead atoms. The molecule has 98 valence electrons. The highest BCUT2D eigenvalue weighted by Gasteiger charge is 2.16. The Kier molecular flexibility index (Phi) is 7.00. The van der Waals surface area contributed by atoms with E-state index in [0.29, 0.717) is 18.4 Å². The lowest BCUT2D eigenvalue weighted by molar-refractivity contribution is 0.353. The van der Waals surface area contributed by atoms with Crippen LogP contribution in [-0.2, 0) is 0 Å². The topological polar surface area (TPSA) is 44.5 Å². The van der Waals surface area contributed by atoms with Crippen LogP contribution in [0.3, 0.4) is 0 Å². The Hall–Kier alpha value is -0.930. The summed E-state index contributed by atoms with van der Waals surface area (Å²) < 4.78 is 10.5. The fourth-order valence-corrected chi connectivity index (χ4v) is 1.88. The summed E-state index contributed by atoms with van der Waals surface area (Å²) in [4.78, 5) is 0. The number of halogens is 1. The molecule has 0 spiro atoms. The van der Waals surface area contributed by atoms with Gasteiger partial charge in [0.2, 0.25) is 0 Å². The Bertz CT molecular complexity index is 342. The smallest absolute Gasteiger partial charge is 0.160 e. The van der Waals surface area contributed by atoms with E-state index in [1.807, 2.05) is 12.1 Å². The molecular formula is C13H22ClNO2. The minimum Gasteiger partial charge on any atom is -0.493 e. The van der Waals surface area contributed by atoms with Crippen LogP contribution in [-0.4, -0.2) is 20.8 Å². The maximum absolute atomic E-state index is 5.80. The van der Waals surface area contributed by atoms with Crippen LogP contribution in [0, 0.1) is 5.92 Å². The lowest BCUT2D eigenvalue weighted by Gasteiger charge is -2.20. The van der Waals surface area contributed by atoms with E-state index in [0.717, 1.165) is 11.5 Å². The van der Waals surface area contributed by atoms with Crippen LogP contribution in [0.4, 0.5) is 0 Å². The molecule has 0 aliphatic carbocycles. The molecule has 2 N–H and O–H groups in total.